The third-order valence-electron chi connectivity index (χ3n) is 3.94. The van der Waals surface area contributed by atoms with Gasteiger partial charge in [0.2, 0.25) is 0 Å². The predicted molar refractivity (Wildman–Crippen MR) is 73.9 cm³/mol. The maximum Gasteiger partial charge on any atom is 0.279 e. The van der Waals surface area contributed by atoms with Crippen molar-refractivity contribution in [3.05, 3.63) is 0 Å². The van der Waals surface area contributed by atoms with E-state index < -0.39 is 10.2 Å². The van der Waals surface area contributed by atoms with E-state index in [4.69, 9.17) is 11.6 Å². The van der Waals surface area contributed by atoms with Crippen molar-refractivity contribution in [1.29, 1.82) is 0 Å². The maximum absolute atomic E-state index is 12.2. The van der Waals surface area contributed by atoms with Crippen molar-refractivity contribution in [3.8, 4) is 0 Å². The molecule has 6 heteroatoms. The third kappa shape index (κ3) is 4.08. The van der Waals surface area contributed by atoms with Crippen molar-refractivity contribution in [2.45, 2.75) is 50.3 Å². The Morgan fingerprint density at radius 1 is 1.11 bits per heavy atom. The third-order valence-corrected chi connectivity index (χ3v) is 5.91. The fraction of sp³-hybridized carbons (Fsp3) is 1.00. The van der Waals surface area contributed by atoms with E-state index in [1.54, 1.807) is 4.31 Å². The Hall–Kier alpha value is 0.160. The molecule has 0 radical (unpaired) electrons. The lowest BCUT2D eigenvalue weighted by atomic mass is 10.1. The summed E-state index contributed by atoms with van der Waals surface area (Å²) in [6.45, 7) is 1.87. The molecule has 2 atom stereocenters. The lowest BCUT2D eigenvalue weighted by molar-refractivity contribution is 0.408. The second kappa shape index (κ2) is 6.55. The van der Waals surface area contributed by atoms with Gasteiger partial charge in [-0.3, -0.25) is 0 Å². The number of hydrogen-bond acceptors (Lipinski definition) is 2. The van der Waals surface area contributed by atoms with E-state index in [1.165, 1.54) is 0 Å². The quantitative estimate of drug-likeness (QED) is 0.807. The standard InChI is InChI=1S/C12H23ClN2O2S/c13-12-6-5-11(9-12)10-14-18(16,17)15-7-3-1-2-4-8-15/h11-12,14H,1-10H2. The average Bonchev–Trinajstić information content (AvgIpc) is 2.59. The van der Waals surface area contributed by atoms with Crippen LogP contribution >= 0.6 is 11.6 Å². The molecule has 0 aromatic heterocycles. The Labute approximate surface area is 115 Å². The van der Waals surface area contributed by atoms with Gasteiger partial charge in [0.25, 0.3) is 10.2 Å². The van der Waals surface area contributed by atoms with Gasteiger partial charge in [-0.1, -0.05) is 12.8 Å². The SMILES string of the molecule is O=S(=O)(NCC1CCC(Cl)C1)N1CCCCCC1. The molecule has 106 valence electrons. The molecule has 2 rings (SSSR count). The highest BCUT2D eigenvalue weighted by Crippen LogP contribution is 2.29. The minimum Gasteiger partial charge on any atom is -0.202 e. The van der Waals surface area contributed by atoms with E-state index in [-0.39, 0.29) is 5.38 Å². The van der Waals surface area contributed by atoms with E-state index in [2.05, 4.69) is 4.72 Å². The van der Waals surface area contributed by atoms with Crippen molar-refractivity contribution < 1.29 is 8.42 Å². The normalized spacial score (nSPS) is 31.4. The zero-order valence-corrected chi connectivity index (χ0v) is 12.3. The Bertz CT molecular complexity index is 353. The summed E-state index contributed by atoms with van der Waals surface area (Å²) >= 11 is 6.04. The molecule has 0 aromatic carbocycles. The summed E-state index contributed by atoms with van der Waals surface area (Å²) in [6, 6.07) is 0. The number of nitrogens with one attached hydrogen (secondary N) is 1. The fourth-order valence-electron chi connectivity index (χ4n) is 2.80. The van der Waals surface area contributed by atoms with E-state index in [9.17, 15) is 8.42 Å². The molecule has 0 spiro atoms. The monoisotopic (exact) mass is 294 g/mol. The van der Waals surface area contributed by atoms with E-state index in [1.807, 2.05) is 0 Å². The minimum atomic E-state index is -3.27. The van der Waals surface area contributed by atoms with Crippen molar-refractivity contribution in [2.75, 3.05) is 19.6 Å². The van der Waals surface area contributed by atoms with E-state index in [0.717, 1.165) is 44.9 Å². The highest BCUT2D eigenvalue weighted by atomic mass is 35.5. The van der Waals surface area contributed by atoms with Crippen LogP contribution in [0.15, 0.2) is 0 Å². The summed E-state index contributed by atoms with van der Waals surface area (Å²) in [6.07, 6.45) is 7.23. The number of alkyl halides is 1. The molecular weight excluding hydrogens is 272 g/mol. The molecule has 1 aliphatic carbocycles. The van der Waals surface area contributed by atoms with Gasteiger partial charge in [-0.25, -0.2) is 4.72 Å². The topological polar surface area (TPSA) is 49.4 Å². The van der Waals surface area contributed by atoms with Gasteiger partial charge < -0.3 is 0 Å². The molecular formula is C12H23ClN2O2S. The van der Waals surface area contributed by atoms with Crippen LogP contribution in [0.3, 0.4) is 0 Å². The van der Waals surface area contributed by atoms with Crippen LogP contribution in [0.4, 0.5) is 0 Å². The first-order valence-electron chi connectivity index (χ1n) is 6.97. The van der Waals surface area contributed by atoms with Gasteiger partial charge in [-0.05, 0) is 38.0 Å². The smallest absolute Gasteiger partial charge is 0.202 e. The van der Waals surface area contributed by atoms with Gasteiger partial charge in [0.05, 0.1) is 0 Å². The average molecular weight is 295 g/mol. The number of halogens is 1. The molecule has 1 aliphatic heterocycles. The summed E-state index contributed by atoms with van der Waals surface area (Å²) in [7, 11) is -3.27. The van der Waals surface area contributed by atoms with Crippen LogP contribution < -0.4 is 4.72 Å². The minimum absolute atomic E-state index is 0.234. The molecule has 0 amide bonds. The molecule has 1 N–H and O–H groups in total. The second-order valence-electron chi connectivity index (χ2n) is 5.44. The highest BCUT2D eigenvalue weighted by molar-refractivity contribution is 7.87. The molecule has 2 aliphatic rings. The number of hydrogen-bond donors (Lipinski definition) is 1. The van der Waals surface area contributed by atoms with E-state index >= 15 is 0 Å². The second-order valence-corrected chi connectivity index (χ2v) is 7.82. The zero-order valence-electron chi connectivity index (χ0n) is 10.8. The summed E-state index contributed by atoms with van der Waals surface area (Å²) < 4.78 is 28.7. The van der Waals surface area contributed by atoms with Crippen molar-refractivity contribution in [1.82, 2.24) is 9.03 Å². The van der Waals surface area contributed by atoms with Crippen molar-refractivity contribution >= 4 is 21.8 Å². The maximum atomic E-state index is 12.2. The molecule has 0 bridgehead atoms. The predicted octanol–water partition coefficient (Wildman–Crippen LogP) is 2.10. The first-order chi connectivity index (χ1) is 8.58. The Morgan fingerprint density at radius 2 is 1.78 bits per heavy atom. The van der Waals surface area contributed by atoms with Gasteiger partial charge in [0, 0.05) is 25.0 Å². The molecule has 0 aromatic rings. The van der Waals surface area contributed by atoms with Crippen LogP contribution in [0.1, 0.15) is 44.9 Å². The van der Waals surface area contributed by atoms with Gasteiger partial charge in [-0.15, -0.1) is 11.6 Å². The first kappa shape index (κ1) is 14.6. The van der Waals surface area contributed by atoms with Gasteiger partial charge >= 0.3 is 0 Å². The fourth-order valence-corrected chi connectivity index (χ4v) is 4.54. The lowest BCUT2D eigenvalue weighted by Gasteiger charge is -2.21. The Morgan fingerprint density at radius 3 is 2.33 bits per heavy atom. The van der Waals surface area contributed by atoms with Gasteiger partial charge in [0.1, 0.15) is 0 Å². The summed E-state index contributed by atoms with van der Waals surface area (Å²) in [5, 5.41) is 0.234. The van der Waals surface area contributed by atoms with Crippen LogP contribution in [-0.4, -0.2) is 37.7 Å². The van der Waals surface area contributed by atoms with Crippen LogP contribution in [-0.2, 0) is 10.2 Å². The highest BCUT2D eigenvalue weighted by Gasteiger charge is 2.27. The first-order valence-corrected chi connectivity index (χ1v) is 8.84. The molecule has 2 unspecified atom stereocenters. The zero-order chi connectivity index (χ0) is 13.0. The van der Waals surface area contributed by atoms with Gasteiger partial charge in [0.15, 0.2) is 0 Å². The number of rotatable bonds is 4. The van der Waals surface area contributed by atoms with Crippen LogP contribution in [0.5, 0.6) is 0 Å². The van der Waals surface area contributed by atoms with E-state index in [0.29, 0.717) is 25.6 Å². The van der Waals surface area contributed by atoms with Crippen molar-refractivity contribution in [2.24, 2.45) is 5.92 Å². The van der Waals surface area contributed by atoms with Crippen LogP contribution in [0.25, 0.3) is 0 Å². The summed E-state index contributed by atoms with van der Waals surface area (Å²) in [4.78, 5) is 0. The van der Waals surface area contributed by atoms with Crippen molar-refractivity contribution in [3.63, 3.8) is 0 Å². The molecule has 1 saturated carbocycles. The Kier molecular flexibility index (Phi) is 5.30. The molecule has 1 heterocycles. The largest absolute Gasteiger partial charge is 0.279 e. The summed E-state index contributed by atoms with van der Waals surface area (Å²) in [5.41, 5.74) is 0. The van der Waals surface area contributed by atoms with Gasteiger partial charge in [-0.2, -0.15) is 12.7 Å². The molecule has 2 fully saturated rings. The lowest BCUT2D eigenvalue weighted by Crippen LogP contribution is -2.42. The molecule has 18 heavy (non-hydrogen) atoms. The molecule has 1 saturated heterocycles. The summed E-state index contributed by atoms with van der Waals surface area (Å²) in [5.74, 6) is 0.411. The van der Waals surface area contributed by atoms with Crippen LogP contribution in [0.2, 0.25) is 0 Å². The van der Waals surface area contributed by atoms with Crippen LogP contribution in [0, 0.1) is 5.92 Å². The number of nitrogens with zero attached hydrogens (tertiary/aromatic N) is 1. The molecule has 4 nitrogen and oxygen atoms in total. The Balaban J connectivity index is 1.82.